The summed E-state index contributed by atoms with van der Waals surface area (Å²) in [6.45, 7) is 2.10. The molecule has 0 saturated carbocycles. The molecule has 2 fully saturated rings. The predicted octanol–water partition coefficient (Wildman–Crippen LogP) is -0.107. The highest BCUT2D eigenvalue weighted by atomic mass is 32.2. The van der Waals surface area contributed by atoms with Crippen LogP contribution in [0.5, 0.6) is 5.75 Å². The molecule has 3 amide bonds. The van der Waals surface area contributed by atoms with Gasteiger partial charge in [-0.3, -0.25) is 10.0 Å². The second kappa shape index (κ2) is 9.60. The molecule has 30 heavy (non-hydrogen) atoms. The number of nitrogens with zero attached hydrogens (tertiary/aromatic N) is 1. The van der Waals surface area contributed by atoms with Gasteiger partial charge in [0, 0.05) is 26.3 Å². The maximum atomic E-state index is 13.2. The largest absolute Gasteiger partial charge is 0.473 e. The molecule has 0 aromatic heterocycles. The number of hydrogen-bond acceptors (Lipinski definition) is 8. The molecule has 0 atom stereocenters. The summed E-state index contributed by atoms with van der Waals surface area (Å²) in [5.74, 6) is -0.624. The Bertz CT molecular complexity index is 847. The van der Waals surface area contributed by atoms with Gasteiger partial charge in [-0.15, -0.1) is 0 Å². The summed E-state index contributed by atoms with van der Waals surface area (Å²) in [6, 6.07) is 5.27. The van der Waals surface area contributed by atoms with E-state index < -0.39 is 20.5 Å². The molecule has 166 valence electrons. The van der Waals surface area contributed by atoms with Crippen LogP contribution in [0.2, 0.25) is 0 Å². The molecule has 1 aromatic carbocycles. The van der Waals surface area contributed by atoms with E-state index in [1.807, 2.05) is 0 Å². The molecule has 0 aliphatic carbocycles. The number of sulfone groups is 1. The number of hydrogen-bond donors (Lipinski definition) is 3. The van der Waals surface area contributed by atoms with E-state index in [1.165, 1.54) is 29.7 Å². The second-order valence-electron chi connectivity index (χ2n) is 6.89. The van der Waals surface area contributed by atoms with Crippen molar-refractivity contribution in [1.82, 2.24) is 15.7 Å². The normalized spacial score (nSPS) is 19.0. The maximum absolute atomic E-state index is 13.2. The van der Waals surface area contributed by atoms with Crippen molar-refractivity contribution in [1.29, 1.82) is 0 Å². The maximum Gasteiger partial charge on any atom is 0.320 e. The summed E-state index contributed by atoms with van der Waals surface area (Å²) >= 11 is 0. The number of nitrogens with one attached hydrogen (secondary N) is 2. The van der Waals surface area contributed by atoms with Crippen LogP contribution in [-0.4, -0.2) is 81.5 Å². The molecule has 3 N–H and O–H groups in total. The Hall–Kier alpha value is -2.41. The fraction of sp³-hybridized carbons (Fsp3) is 0.556. The summed E-state index contributed by atoms with van der Waals surface area (Å²) in [5, 5.41) is 11.7. The van der Waals surface area contributed by atoms with Crippen molar-refractivity contribution in [3.63, 3.8) is 0 Å². The molecule has 2 saturated heterocycles. The number of ether oxygens (including phenoxy) is 3. The minimum atomic E-state index is -4.10. The Kier molecular flexibility index (Phi) is 7.13. The van der Waals surface area contributed by atoms with Crippen molar-refractivity contribution in [3.05, 3.63) is 24.3 Å². The van der Waals surface area contributed by atoms with Gasteiger partial charge in [0.05, 0.1) is 18.1 Å². The van der Waals surface area contributed by atoms with Crippen LogP contribution in [0.25, 0.3) is 0 Å². The summed E-state index contributed by atoms with van der Waals surface area (Å²) < 4.78 is 40.3. The van der Waals surface area contributed by atoms with E-state index in [1.54, 1.807) is 4.90 Å². The Balaban J connectivity index is 1.64. The summed E-state index contributed by atoms with van der Waals surface area (Å²) in [4.78, 5) is 25.8. The molecule has 1 aromatic rings. The van der Waals surface area contributed by atoms with E-state index in [-0.39, 0.29) is 43.7 Å². The van der Waals surface area contributed by atoms with Crippen LogP contribution in [-0.2, 0) is 24.1 Å². The zero-order valence-corrected chi connectivity index (χ0v) is 17.2. The van der Waals surface area contributed by atoms with Gasteiger partial charge in [0.25, 0.3) is 5.91 Å². The third-order valence-corrected chi connectivity index (χ3v) is 7.74. The van der Waals surface area contributed by atoms with Crippen molar-refractivity contribution in [3.8, 4) is 5.75 Å². The highest BCUT2D eigenvalue weighted by Crippen LogP contribution is 2.35. The van der Waals surface area contributed by atoms with Crippen LogP contribution >= 0.6 is 0 Å². The quantitative estimate of drug-likeness (QED) is 0.314. The summed E-state index contributed by atoms with van der Waals surface area (Å²) in [6.07, 6.45) is -0.124. The lowest BCUT2D eigenvalue weighted by atomic mass is 9.98. The van der Waals surface area contributed by atoms with Crippen molar-refractivity contribution >= 4 is 21.8 Å². The number of amides is 3. The molecule has 2 aliphatic rings. The third-order valence-electron chi connectivity index (χ3n) is 5.22. The number of hydroxylamine groups is 1. The van der Waals surface area contributed by atoms with Crippen molar-refractivity contribution in [2.24, 2.45) is 0 Å². The SMILES string of the molecule is O=C(NCOc1ccc(S(=O)(=O)C2(C(=O)NO)CCOCC2)cc1)N1CCOCC1. The molecule has 0 radical (unpaired) electrons. The summed E-state index contributed by atoms with van der Waals surface area (Å²) in [7, 11) is -4.10. The number of benzene rings is 1. The molecule has 3 rings (SSSR count). The number of carbonyl (C=O) groups excluding carboxylic acids is 2. The number of carbonyl (C=O) groups is 2. The van der Waals surface area contributed by atoms with E-state index in [4.69, 9.17) is 19.4 Å². The Labute approximate surface area is 174 Å². The second-order valence-corrected chi connectivity index (χ2v) is 9.15. The fourth-order valence-corrected chi connectivity index (χ4v) is 5.36. The third kappa shape index (κ3) is 4.51. The zero-order valence-electron chi connectivity index (χ0n) is 16.3. The lowest BCUT2D eigenvalue weighted by molar-refractivity contribution is -0.134. The molecular formula is C18H25N3O8S. The Morgan fingerprint density at radius 2 is 1.67 bits per heavy atom. The van der Waals surface area contributed by atoms with E-state index in [2.05, 4.69) is 5.32 Å². The van der Waals surface area contributed by atoms with E-state index in [9.17, 15) is 18.0 Å². The first-order valence-corrected chi connectivity index (χ1v) is 11.0. The predicted molar refractivity (Wildman–Crippen MR) is 103 cm³/mol. The van der Waals surface area contributed by atoms with E-state index in [0.29, 0.717) is 32.1 Å². The van der Waals surface area contributed by atoms with Crippen LogP contribution in [0, 0.1) is 0 Å². The highest BCUT2D eigenvalue weighted by Gasteiger charge is 2.52. The fourth-order valence-electron chi connectivity index (χ4n) is 3.42. The smallest absolute Gasteiger partial charge is 0.320 e. The topological polar surface area (TPSA) is 144 Å². The highest BCUT2D eigenvalue weighted by molar-refractivity contribution is 7.93. The molecular weight excluding hydrogens is 418 g/mol. The van der Waals surface area contributed by atoms with Crippen LogP contribution in [0.4, 0.5) is 4.79 Å². The van der Waals surface area contributed by atoms with Gasteiger partial charge in [-0.05, 0) is 37.1 Å². The average molecular weight is 443 g/mol. The molecule has 12 heteroatoms. The molecule has 2 heterocycles. The number of morpholine rings is 1. The van der Waals surface area contributed by atoms with Gasteiger partial charge in [-0.1, -0.05) is 0 Å². The minimum absolute atomic E-state index is 0.0620. The van der Waals surface area contributed by atoms with Gasteiger partial charge in [-0.25, -0.2) is 18.7 Å². The van der Waals surface area contributed by atoms with Crippen LogP contribution in [0.3, 0.4) is 0 Å². The van der Waals surface area contributed by atoms with Gasteiger partial charge in [0.15, 0.2) is 21.3 Å². The minimum Gasteiger partial charge on any atom is -0.473 e. The monoisotopic (exact) mass is 443 g/mol. The standard InChI is InChI=1S/C18H25N3O8S/c22-16(20-24)18(5-9-27-10-6-18)30(25,26)15-3-1-14(2-4-15)29-13-19-17(23)21-7-11-28-12-8-21/h1-4,24H,5-13H2,(H,19,23)(H,20,22). The lowest BCUT2D eigenvalue weighted by Gasteiger charge is -2.34. The lowest BCUT2D eigenvalue weighted by Crippen LogP contribution is -2.54. The molecule has 11 nitrogen and oxygen atoms in total. The Morgan fingerprint density at radius 3 is 2.27 bits per heavy atom. The van der Waals surface area contributed by atoms with Crippen molar-refractivity contribution in [2.45, 2.75) is 22.5 Å². The van der Waals surface area contributed by atoms with Gasteiger partial charge >= 0.3 is 6.03 Å². The molecule has 0 unspecified atom stereocenters. The van der Waals surface area contributed by atoms with Gasteiger partial charge < -0.3 is 24.4 Å². The van der Waals surface area contributed by atoms with Gasteiger partial charge in [-0.2, -0.15) is 0 Å². The molecule has 0 spiro atoms. The van der Waals surface area contributed by atoms with Crippen LogP contribution < -0.4 is 15.5 Å². The van der Waals surface area contributed by atoms with Crippen LogP contribution in [0.1, 0.15) is 12.8 Å². The van der Waals surface area contributed by atoms with Gasteiger partial charge in [0.2, 0.25) is 0 Å². The van der Waals surface area contributed by atoms with Gasteiger partial charge in [0.1, 0.15) is 5.75 Å². The van der Waals surface area contributed by atoms with Crippen molar-refractivity contribution in [2.75, 3.05) is 46.2 Å². The number of urea groups is 1. The number of rotatable bonds is 6. The zero-order chi connectivity index (χ0) is 21.6. The first-order valence-electron chi connectivity index (χ1n) is 9.51. The van der Waals surface area contributed by atoms with Crippen molar-refractivity contribution < 1.29 is 37.4 Å². The average Bonchev–Trinajstić information content (AvgIpc) is 2.79. The first-order chi connectivity index (χ1) is 14.4. The van der Waals surface area contributed by atoms with Crippen LogP contribution in [0.15, 0.2) is 29.2 Å². The molecule has 2 aliphatic heterocycles. The first kappa shape index (κ1) is 22.3. The van der Waals surface area contributed by atoms with E-state index >= 15 is 0 Å². The Morgan fingerprint density at radius 1 is 1.07 bits per heavy atom. The molecule has 0 bridgehead atoms. The summed E-state index contributed by atoms with van der Waals surface area (Å²) in [5.41, 5.74) is 1.48. The van der Waals surface area contributed by atoms with E-state index in [0.717, 1.165) is 0 Å².